The number of rotatable bonds is 4. The number of oxazole rings is 1. The molecule has 0 aromatic carbocycles. The van der Waals surface area contributed by atoms with Crippen LogP contribution in [0.2, 0.25) is 0 Å². The van der Waals surface area contributed by atoms with Gasteiger partial charge in [0.1, 0.15) is 6.26 Å². The molecule has 2 rings (SSSR count). The Balaban J connectivity index is 1.86. The summed E-state index contributed by atoms with van der Waals surface area (Å²) >= 11 is 2.04. The molecule has 1 atom stereocenters. The van der Waals surface area contributed by atoms with E-state index in [-0.39, 0.29) is 6.10 Å². The van der Waals surface area contributed by atoms with Crippen LogP contribution >= 0.6 is 11.8 Å². The van der Waals surface area contributed by atoms with Crippen LogP contribution in [0.3, 0.4) is 0 Å². The first kappa shape index (κ1) is 12.0. The van der Waals surface area contributed by atoms with Crippen LogP contribution in [0.4, 0.5) is 0 Å². The molecule has 0 spiro atoms. The van der Waals surface area contributed by atoms with Crippen molar-refractivity contribution in [2.24, 2.45) is 5.92 Å². The Bertz CT molecular complexity index is 319. The van der Waals surface area contributed by atoms with Crippen LogP contribution < -0.4 is 0 Å². The van der Waals surface area contributed by atoms with Gasteiger partial charge in [0.25, 0.3) is 0 Å². The first-order valence-corrected chi connectivity index (χ1v) is 7.08. The zero-order valence-electron chi connectivity index (χ0n) is 9.69. The summed E-state index contributed by atoms with van der Waals surface area (Å²) in [7, 11) is 0. The second kappa shape index (κ2) is 5.73. The summed E-state index contributed by atoms with van der Waals surface area (Å²) in [5, 5.41) is 9.25. The fourth-order valence-corrected chi connectivity index (χ4v) is 3.24. The number of nitrogens with zero attached hydrogens (tertiary/aromatic N) is 1. The van der Waals surface area contributed by atoms with Crippen LogP contribution in [0, 0.1) is 5.92 Å². The summed E-state index contributed by atoms with van der Waals surface area (Å²) < 4.78 is 5.44. The minimum Gasteiger partial charge on any atom is -0.449 e. The van der Waals surface area contributed by atoms with E-state index in [9.17, 15) is 5.11 Å². The maximum atomic E-state index is 9.25. The van der Waals surface area contributed by atoms with Crippen molar-refractivity contribution in [3.63, 3.8) is 0 Å². The summed E-state index contributed by atoms with van der Waals surface area (Å²) in [6.45, 7) is 1.77. The number of aliphatic hydroxyl groups excluding tert-OH is 1. The van der Waals surface area contributed by atoms with Gasteiger partial charge in [-0.3, -0.25) is 0 Å². The molecule has 1 aliphatic heterocycles. The number of aliphatic hydroxyl groups is 1. The molecule has 1 aliphatic rings. The van der Waals surface area contributed by atoms with Gasteiger partial charge in [0.15, 0.2) is 5.89 Å². The Labute approximate surface area is 101 Å². The van der Waals surface area contributed by atoms with E-state index in [0.29, 0.717) is 6.42 Å². The van der Waals surface area contributed by atoms with Crippen molar-refractivity contribution in [2.45, 2.75) is 38.7 Å². The van der Waals surface area contributed by atoms with Crippen molar-refractivity contribution >= 4 is 11.8 Å². The molecule has 1 aromatic rings. The maximum absolute atomic E-state index is 9.25. The lowest BCUT2D eigenvalue weighted by Crippen LogP contribution is -2.12. The average Bonchev–Trinajstić information content (AvgIpc) is 2.66. The van der Waals surface area contributed by atoms with Crippen molar-refractivity contribution in [3.8, 4) is 0 Å². The molecule has 1 aromatic heterocycles. The van der Waals surface area contributed by atoms with Gasteiger partial charge in [-0.15, -0.1) is 0 Å². The predicted molar refractivity (Wildman–Crippen MR) is 65.6 cm³/mol. The molecule has 1 N–H and O–H groups in total. The topological polar surface area (TPSA) is 46.3 Å². The molecule has 0 radical (unpaired) electrons. The molecule has 4 heteroatoms. The summed E-state index contributed by atoms with van der Waals surface area (Å²) in [5.74, 6) is 4.12. The van der Waals surface area contributed by atoms with E-state index in [4.69, 9.17) is 4.42 Å². The van der Waals surface area contributed by atoms with Gasteiger partial charge in [0.2, 0.25) is 0 Å². The van der Waals surface area contributed by atoms with Gasteiger partial charge < -0.3 is 9.52 Å². The Morgan fingerprint density at radius 1 is 1.56 bits per heavy atom. The molecular formula is C12H19NO2S. The minimum atomic E-state index is -0.343. The first-order chi connectivity index (χ1) is 7.74. The molecular weight excluding hydrogens is 222 g/mol. The molecule has 2 heterocycles. The molecule has 0 saturated carbocycles. The van der Waals surface area contributed by atoms with Gasteiger partial charge in [0, 0.05) is 12.8 Å². The highest BCUT2D eigenvalue weighted by atomic mass is 32.2. The SMILES string of the molecule is CC(O)Cc1coc(CC2CCSCC2)n1. The number of aromatic nitrogens is 1. The van der Waals surface area contributed by atoms with Crippen molar-refractivity contribution in [3.05, 3.63) is 17.8 Å². The lowest BCUT2D eigenvalue weighted by molar-refractivity contribution is 0.194. The molecule has 1 fully saturated rings. The highest BCUT2D eigenvalue weighted by Gasteiger charge is 2.17. The molecule has 1 saturated heterocycles. The van der Waals surface area contributed by atoms with E-state index in [1.165, 1.54) is 24.3 Å². The Kier molecular flexibility index (Phi) is 4.29. The molecule has 3 nitrogen and oxygen atoms in total. The van der Waals surface area contributed by atoms with E-state index in [0.717, 1.165) is 23.9 Å². The first-order valence-electron chi connectivity index (χ1n) is 5.93. The zero-order chi connectivity index (χ0) is 11.4. The summed E-state index contributed by atoms with van der Waals surface area (Å²) in [5.41, 5.74) is 0.871. The van der Waals surface area contributed by atoms with E-state index < -0.39 is 0 Å². The van der Waals surface area contributed by atoms with E-state index in [1.807, 2.05) is 11.8 Å². The van der Waals surface area contributed by atoms with Crippen LogP contribution in [0.15, 0.2) is 10.7 Å². The third-order valence-electron chi connectivity index (χ3n) is 2.91. The van der Waals surface area contributed by atoms with Gasteiger partial charge in [-0.2, -0.15) is 11.8 Å². The van der Waals surface area contributed by atoms with Crippen LogP contribution in [0.1, 0.15) is 31.4 Å². The Morgan fingerprint density at radius 2 is 2.31 bits per heavy atom. The highest BCUT2D eigenvalue weighted by Crippen LogP contribution is 2.25. The Hall–Kier alpha value is -0.480. The molecule has 0 bridgehead atoms. The molecule has 1 unspecified atom stereocenters. The molecule has 0 amide bonds. The van der Waals surface area contributed by atoms with Crippen molar-refractivity contribution < 1.29 is 9.52 Å². The summed E-state index contributed by atoms with van der Waals surface area (Å²) in [6, 6.07) is 0. The van der Waals surface area contributed by atoms with Crippen LogP contribution in [0.5, 0.6) is 0 Å². The van der Waals surface area contributed by atoms with Gasteiger partial charge in [0.05, 0.1) is 11.8 Å². The molecule has 90 valence electrons. The van der Waals surface area contributed by atoms with E-state index in [1.54, 1.807) is 13.2 Å². The second-order valence-corrected chi connectivity index (χ2v) is 5.77. The number of hydrogen-bond acceptors (Lipinski definition) is 4. The largest absolute Gasteiger partial charge is 0.449 e. The van der Waals surface area contributed by atoms with Gasteiger partial charge in [-0.05, 0) is 37.2 Å². The minimum absolute atomic E-state index is 0.343. The predicted octanol–water partition coefficient (Wildman–Crippen LogP) is 2.28. The van der Waals surface area contributed by atoms with Crippen molar-refractivity contribution in [1.29, 1.82) is 0 Å². The number of hydrogen-bond donors (Lipinski definition) is 1. The molecule has 16 heavy (non-hydrogen) atoms. The molecule has 0 aliphatic carbocycles. The van der Waals surface area contributed by atoms with E-state index >= 15 is 0 Å². The quantitative estimate of drug-likeness (QED) is 0.878. The number of thioether (sulfide) groups is 1. The van der Waals surface area contributed by atoms with Crippen molar-refractivity contribution in [2.75, 3.05) is 11.5 Å². The standard InChI is InChI=1S/C12H19NO2S/c1-9(14)6-11-8-15-12(13-11)7-10-2-4-16-5-3-10/h8-10,14H,2-7H2,1H3. The van der Waals surface area contributed by atoms with Crippen LogP contribution in [-0.4, -0.2) is 27.7 Å². The lowest BCUT2D eigenvalue weighted by Gasteiger charge is -2.19. The normalized spacial score (nSPS) is 19.9. The van der Waals surface area contributed by atoms with Crippen LogP contribution in [-0.2, 0) is 12.8 Å². The highest BCUT2D eigenvalue weighted by molar-refractivity contribution is 7.99. The zero-order valence-corrected chi connectivity index (χ0v) is 10.5. The maximum Gasteiger partial charge on any atom is 0.194 e. The summed E-state index contributed by atoms with van der Waals surface area (Å²) in [4.78, 5) is 4.41. The smallest absolute Gasteiger partial charge is 0.194 e. The van der Waals surface area contributed by atoms with Gasteiger partial charge >= 0.3 is 0 Å². The third-order valence-corrected chi connectivity index (χ3v) is 3.96. The third kappa shape index (κ3) is 3.52. The van der Waals surface area contributed by atoms with E-state index in [2.05, 4.69) is 4.98 Å². The monoisotopic (exact) mass is 241 g/mol. The summed E-state index contributed by atoms with van der Waals surface area (Å²) in [6.07, 6.45) is 5.44. The average molecular weight is 241 g/mol. The van der Waals surface area contributed by atoms with Crippen LogP contribution in [0.25, 0.3) is 0 Å². The van der Waals surface area contributed by atoms with Crippen molar-refractivity contribution in [1.82, 2.24) is 4.98 Å². The van der Waals surface area contributed by atoms with Gasteiger partial charge in [-0.25, -0.2) is 4.98 Å². The fourth-order valence-electron chi connectivity index (χ4n) is 2.04. The Morgan fingerprint density at radius 3 is 3.00 bits per heavy atom. The second-order valence-electron chi connectivity index (χ2n) is 4.55. The lowest BCUT2D eigenvalue weighted by atomic mass is 9.99. The van der Waals surface area contributed by atoms with Gasteiger partial charge in [-0.1, -0.05) is 0 Å². The fraction of sp³-hybridized carbons (Fsp3) is 0.750.